The lowest BCUT2D eigenvalue weighted by Gasteiger charge is -1.86. The molecular weight excluding hydrogens is 188 g/mol. The Kier molecular flexibility index (Phi) is 2.63. The Hall–Kier alpha value is -1.90. The molecule has 76 valence electrons. The molecule has 0 amide bonds. The number of nitrogens with zero attached hydrogens (tertiary/aromatic N) is 1. The lowest BCUT2D eigenvalue weighted by molar-refractivity contribution is 0.103. The van der Waals surface area contributed by atoms with E-state index in [0.29, 0.717) is 5.82 Å². The SMILES string of the molecule is CC/C=C/C(=O)c1nc2ccccc2[nH]1. The molecule has 0 bridgehead atoms. The number of imidazole rings is 1. The van der Waals surface area contributed by atoms with Crippen LogP contribution in [0.3, 0.4) is 0 Å². The largest absolute Gasteiger partial charge is 0.335 e. The fraction of sp³-hybridized carbons (Fsp3) is 0.167. The molecule has 0 fully saturated rings. The van der Waals surface area contributed by atoms with Crippen LogP contribution < -0.4 is 0 Å². The Labute approximate surface area is 87.8 Å². The molecule has 0 spiro atoms. The van der Waals surface area contributed by atoms with Gasteiger partial charge in [0.1, 0.15) is 0 Å². The van der Waals surface area contributed by atoms with Crippen LogP contribution >= 0.6 is 0 Å². The molecule has 1 heterocycles. The maximum absolute atomic E-state index is 11.6. The summed E-state index contributed by atoms with van der Waals surface area (Å²) >= 11 is 0. The van der Waals surface area contributed by atoms with E-state index in [1.54, 1.807) is 6.08 Å². The van der Waals surface area contributed by atoms with Gasteiger partial charge in [-0.05, 0) is 24.6 Å². The van der Waals surface area contributed by atoms with Crippen molar-refractivity contribution in [3.05, 3.63) is 42.2 Å². The molecule has 0 atom stereocenters. The van der Waals surface area contributed by atoms with Gasteiger partial charge < -0.3 is 4.98 Å². The average Bonchev–Trinajstić information content (AvgIpc) is 2.69. The number of allylic oxidation sites excluding steroid dienone is 2. The molecule has 1 aromatic carbocycles. The number of fused-ring (bicyclic) bond motifs is 1. The van der Waals surface area contributed by atoms with Crippen molar-refractivity contribution in [2.45, 2.75) is 13.3 Å². The molecule has 0 aliphatic carbocycles. The van der Waals surface area contributed by atoms with E-state index in [1.807, 2.05) is 37.3 Å². The highest BCUT2D eigenvalue weighted by Gasteiger charge is 2.07. The molecule has 1 aromatic heterocycles. The number of carbonyl (C=O) groups excluding carboxylic acids is 1. The Morgan fingerprint density at radius 2 is 2.27 bits per heavy atom. The minimum absolute atomic E-state index is 0.0759. The first-order valence-electron chi connectivity index (χ1n) is 4.97. The summed E-state index contributed by atoms with van der Waals surface area (Å²) in [6.07, 6.45) is 4.24. The fourth-order valence-electron chi connectivity index (χ4n) is 1.37. The third-order valence-electron chi connectivity index (χ3n) is 2.13. The van der Waals surface area contributed by atoms with Crippen LogP contribution in [-0.4, -0.2) is 15.8 Å². The summed E-state index contributed by atoms with van der Waals surface area (Å²) in [7, 11) is 0. The number of ketones is 1. The Bertz CT molecular complexity index is 478. The van der Waals surface area contributed by atoms with Crippen molar-refractivity contribution < 1.29 is 4.79 Å². The van der Waals surface area contributed by atoms with E-state index in [1.165, 1.54) is 0 Å². The van der Waals surface area contributed by atoms with Crippen LogP contribution in [0.25, 0.3) is 11.0 Å². The molecule has 0 saturated heterocycles. The van der Waals surface area contributed by atoms with E-state index >= 15 is 0 Å². The standard InChI is InChI=1S/C12H12N2O/c1-2-3-8-11(15)12-13-9-6-4-5-7-10(9)14-12/h3-8H,2H2,1H3,(H,13,14)/b8-3+. The minimum atomic E-state index is -0.0759. The topological polar surface area (TPSA) is 45.8 Å². The predicted octanol–water partition coefficient (Wildman–Crippen LogP) is 2.71. The molecule has 0 aliphatic heterocycles. The maximum Gasteiger partial charge on any atom is 0.220 e. The van der Waals surface area contributed by atoms with E-state index in [-0.39, 0.29) is 5.78 Å². The van der Waals surface area contributed by atoms with Gasteiger partial charge >= 0.3 is 0 Å². The maximum atomic E-state index is 11.6. The average molecular weight is 200 g/mol. The zero-order valence-corrected chi connectivity index (χ0v) is 8.53. The number of aromatic amines is 1. The van der Waals surface area contributed by atoms with Gasteiger partial charge in [-0.25, -0.2) is 4.98 Å². The van der Waals surface area contributed by atoms with Crippen molar-refractivity contribution in [1.82, 2.24) is 9.97 Å². The third kappa shape index (κ3) is 1.96. The number of nitrogens with one attached hydrogen (secondary N) is 1. The van der Waals surface area contributed by atoms with Crippen LogP contribution in [0, 0.1) is 0 Å². The van der Waals surface area contributed by atoms with Crippen molar-refractivity contribution in [2.24, 2.45) is 0 Å². The summed E-state index contributed by atoms with van der Waals surface area (Å²) in [5.74, 6) is 0.328. The van der Waals surface area contributed by atoms with Crippen LogP contribution in [0.5, 0.6) is 0 Å². The first-order valence-corrected chi connectivity index (χ1v) is 4.97. The number of carbonyl (C=O) groups is 1. The van der Waals surface area contributed by atoms with E-state index in [2.05, 4.69) is 9.97 Å². The van der Waals surface area contributed by atoms with Crippen LogP contribution in [0.2, 0.25) is 0 Å². The fourth-order valence-corrected chi connectivity index (χ4v) is 1.37. The Morgan fingerprint density at radius 1 is 1.47 bits per heavy atom. The Morgan fingerprint density at radius 3 is 3.00 bits per heavy atom. The molecule has 0 aliphatic rings. The van der Waals surface area contributed by atoms with E-state index in [4.69, 9.17) is 0 Å². The van der Waals surface area contributed by atoms with Gasteiger partial charge in [0.05, 0.1) is 11.0 Å². The number of hydrogen-bond acceptors (Lipinski definition) is 2. The molecule has 0 saturated carbocycles. The molecule has 0 radical (unpaired) electrons. The summed E-state index contributed by atoms with van der Waals surface area (Å²) in [5.41, 5.74) is 1.72. The lowest BCUT2D eigenvalue weighted by Crippen LogP contribution is -1.96. The molecule has 1 N–H and O–H groups in total. The van der Waals surface area contributed by atoms with Gasteiger partial charge in [0.25, 0.3) is 0 Å². The predicted molar refractivity (Wildman–Crippen MR) is 59.9 cm³/mol. The normalized spacial score (nSPS) is 11.3. The number of hydrogen-bond donors (Lipinski definition) is 1. The van der Waals surface area contributed by atoms with Crippen LogP contribution in [0.15, 0.2) is 36.4 Å². The van der Waals surface area contributed by atoms with E-state index in [9.17, 15) is 4.79 Å². The minimum Gasteiger partial charge on any atom is -0.335 e. The summed E-state index contributed by atoms with van der Waals surface area (Å²) < 4.78 is 0. The van der Waals surface area contributed by atoms with Crippen molar-refractivity contribution in [3.8, 4) is 0 Å². The number of H-pyrrole nitrogens is 1. The monoisotopic (exact) mass is 200 g/mol. The van der Waals surface area contributed by atoms with Crippen molar-refractivity contribution in [1.29, 1.82) is 0 Å². The molecule has 2 aromatic rings. The van der Waals surface area contributed by atoms with E-state index in [0.717, 1.165) is 17.5 Å². The van der Waals surface area contributed by atoms with Crippen molar-refractivity contribution >= 4 is 16.8 Å². The summed E-state index contributed by atoms with van der Waals surface area (Å²) in [6, 6.07) is 7.60. The van der Waals surface area contributed by atoms with Crippen LogP contribution in [-0.2, 0) is 0 Å². The zero-order valence-electron chi connectivity index (χ0n) is 8.53. The van der Waals surface area contributed by atoms with Crippen molar-refractivity contribution in [2.75, 3.05) is 0 Å². The second-order valence-electron chi connectivity index (χ2n) is 3.28. The van der Waals surface area contributed by atoms with Gasteiger partial charge in [-0.15, -0.1) is 0 Å². The summed E-state index contributed by atoms with van der Waals surface area (Å²) in [6.45, 7) is 1.99. The Balaban J connectivity index is 2.36. The smallest absolute Gasteiger partial charge is 0.220 e. The summed E-state index contributed by atoms with van der Waals surface area (Å²) in [5, 5.41) is 0. The van der Waals surface area contributed by atoms with Crippen LogP contribution in [0.1, 0.15) is 24.0 Å². The van der Waals surface area contributed by atoms with Crippen molar-refractivity contribution in [3.63, 3.8) is 0 Å². The van der Waals surface area contributed by atoms with Gasteiger partial charge in [-0.2, -0.15) is 0 Å². The van der Waals surface area contributed by atoms with E-state index < -0.39 is 0 Å². The van der Waals surface area contributed by atoms with Gasteiger partial charge in [0.15, 0.2) is 5.82 Å². The number of benzene rings is 1. The molecule has 15 heavy (non-hydrogen) atoms. The highest BCUT2D eigenvalue weighted by Crippen LogP contribution is 2.10. The second kappa shape index (κ2) is 4.09. The van der Waals surface area contributed by atoms with Gasteiger partial charge in [0.2, 0.25) is 5.78 Å². The second-order valence-corrected chi connectivity index (χ2v) is 3.28. The van der Waals surface area contributed by atoms with Gasteiger partial charge in [0, 0.05) is 0 Å². The first kappa shape index (κ1) is 9.65. The number of para-hydroxylation sites is 2. The quantitative estimate of drug-likeness (QED) is 0.611. The number of aromatic nitrogens is 2. The molecule has 2 rings (SSSR count). The molecular formula is C12H12N2O. The lowest BCUT2D eigenvalue weighted by atomic mass is 10.3. The zero-order chi connectivity index (χ0) is 10.7. The highest BCUT2D eigenvalue weighted by molar-refractivity contribution is 6.03. The van der Waals surface area contributed by atoms with Gasteiger partial charge in [-0.3, -0.25) is 4.79 Å². The molecule has 3 nitrogen and oxygen atoms in total. The molecule has 0 unspecified atom stereocenters. The summed E-state index contributed by atoms with van der Waals surface area (Å²) in [4.78, 5) is 18.8. The third-order valence-corrected chi connectivity index (χ3v) is 2.13. The number of rotatable bonds is 3. The highest BCUT2D eigenvalue weighted by atomic mass is 16.1. The molecule has 3 heteroatoms. The van der Waals surface area contributed by atoms with Crippen LogP contribution in [0.4, 0.5) is 0 Å². The van der Waals surface area contributed by atoms with Gasteiger partial charge in [-0.1, -0.05) is 25.1 Å². The first-order chi connectivity index (χ1) is 7.31.